The fraction of sp³-hybridized carbons (Fsp3) is 0.167. The van der Waals surface area contributed by atoms with E-state index in [4.69, 9.17) is 23.2 Å². The molecule has 0 aliphatic carbocycles. The lowest BCUT2D eigenvalue weighted by Crippen LogP contribution is -2.16. The minimum absolute atomic E-state index is 0.00770. The zero-order chi connectivity index (χ0) is 19.3. The molecule has 0 radical (unpaired) electrons. The number of nitrogens with one attached hydrogen (secondary N) is 1. The summed E-state index contributed by atoms with van der Waals surface area (Å²) >= 11 is 11.8. The molecule has 0 bridgehead atoms. The highest BCUT2D eigenvalue weighted by molar-refractivity contribution is 6.42. The van der Waals surface area contributed by atoms with Crippen molar-refractivity contribution in [1.82, 2.24) is 0 Å². The average molecular weight is 396 g/mol. The topological polar surface area (TPSA) is 81.7 Å². The number of hydrogen-bond donors (Lipinski definition) is 1. The van der Waals surface area contributed by atoms with Crippen LogP contribution >= 0.6 is 23.2 Å². The van der Waals surface area contributed by atoms with Gasteiger partial charge in [-0.3, -0.25) is 4.79 Å². The van der Waals surface area contributed by atoms with Gasteiger partial charge in [-0.2, -0.15) is 0 Å². The Morgan fingerprint density at radius 1 is 0.885 bits per heavy atom. The number of rotatable bonds is 5. The van der Waals surface area contributed by atoms with Crippen molar-refractivity contribution < 1.29 is 23.9 Å². The number of hydrogen-bond acceptors (Lipinski definition) is 5. The SMILES string of the molecule is COC(=O)c1ccc(NC(=O)Cc2ccc(Cl)c(Cl)c2)cc1C(=O)OC. The van der Waals surface area contributed by atoms with Crippen LogP contribution in [0.4, 0.5) is 5.69 Å². The van der Waals surface area contributed by atoms with E-state index < -0.39 is 11.9 Å². The van der Waals surface area contributed by atoms with Gasteiger partial charge in [0.1, 0.15) is 0 Å². The van der Waals surface area contributed by atoms with Crippen LogP contribution in [0.2, 0.25) is 10.0 Å². The maximum atomic E-state index is 12.2. The number of methoxy groups -OCH3 is 2. The molecule has 0 aliphatic rings. The molecule has 26 heavy (non-hydrogen) atoms. The second-order valence-corrected chi connectivity index (χ2v) is 6.03. The molecule has 0 saturated carbocycles. The van der Waals surface area contributed by atoms with E-state index in [1.165, 1.54) is 32.4 Å². The molecule has 0 fully saturated rings. The molecule has 8 heteroatoms. The Labute approximate surface area is 160 Å². The summed E-state index contributed by atoms with van der Waals surface area (Å²) < 4.78 is 9.30. The summed E-state index contributed by atoms with van der Waals surface area (Å²) in [5, 5.41) is 3.41. The highest BCUT2D eigenvalue weighted by Gasteiger charge is 2.19. The van der Waals surface area contributed by atoms with Gasteiger partial charge < -0.3 is 14.8 Å². The molecule has 2 rings (SSSR count). The van der Waals surface area contributed by atoms with Crippen LogP contribution in [0.1, 0.15) is 26.3 Å². The number of carbonyl (C=O) groups excluding carboxylic acids is 3. The summed E-state index contributed by atoms with van der Waals surface area (Å²) in [5.74, 6) is -1.73. The van der Waals surface area contributed by atoms with Crippen molar-refractivity contribution in [3.8, 4) is 0 Å². The van der Waals surface area contributed by atoms with Crippen LogP contribution in [0.15, 0.2) is 36.4 Å². The van der Waals surface area contributed by atoms with Crippen molar-refractivity contribution in [1.29, 1.82) is 0 Å². The van der Waals surface area contributed by atoms with Gasteiger partial charge in [0.25, 0.3) is 0 Å². The zero-order valence-corrected chi connectivity index (χ0v) is 15.5. The first-order valence-corrected chi connectivity index (χ1v) is 8.15. The van der Waals surface area contributed by atoms with E-state index >= 15 is 0 Å². The molecule has 0 atom stereocenters. The highest BCUT2D eigenvalue weighted by Crippen LogP contribution is 2.23. The third kappa shape index (κ3) is 4.74. The summed E-state index contributed by atoms with van der Waals surface area (Å²) in [6, 6.07) is 9.12. The van der Waals surface area contributed by atoms with Gasteiger partial charge in [-0.05, 0) is 35.9 Å². The molecule has 1 amide bonds. The van der Waals surface area contributed by atoms with Gasteiger partial charge in [0.05, 0.1) is 41.8 Å². The van der Waals surface area contributed by atoms with Gasteiger partial charge in [0.15, 0.2) is 0 Å². The number of benzene rings is 2. The average Bonchev–Trinajstić information content (AvgIpc) is 2.63. The second-order valence-electron chi connectivity index (χ2n) is 5.22. The Morgan fingerprint density at radius 2 is 1.54 bits per heavy atom. The van der Waals surface area contributed by atoms with Gasteiger partial charge in [0.2, 0.25) is 5.91 Å². The molecule has 0 aromatic heterocycles. The standard InChI is InChI=1S/C18H15Cl2NO5/c1-25-17(23)12-5-4-11(9-13(12)18(24)26-2)21-16(22)8-10-3-6-14(19)15(20)7-10/h3-7,9H,8H2,1-2H3,(H,21,22). The van der Waals surface area contributed by atoms with Gasteiger partial charge in [-0.15, -0.1) is 0 Å². The van der Waals surface area contributed by atoms with Crippen molar-refractivity contribution in [2.45, 2.75) is 6.42 Å². The number of halogens is 2. The summed E-state index contributed by atoms with van der Waals surface area (Å²) in [5.41, 5.74) is 1.05. The Hall–Kier alpha value is -2.57. The zero-order valence-electron chi connectivity index (χ0n) is 14.0. The van der Waals surface area contributed by atoms with E-state index in [0.29, 0.717) is 21.3 Å². The number of anilines is 1. The van der Waals surface area contributed by atoms with Crippen LogP contribution in [-0.2, 0) is 20.7 Å². The van der Waals surface area contributed by atoms with E-state index in [0.717, 1.165) is 0 Å². The number of amides is 1. The lowest BCUT2D eigenvalue weighted by Gasteiger charge is -2.10. The molecule has 2 aromatic rings. The summed E-state index contributed by atoms with van der Waals surface area (Å²) in [4.78, 5) is 35.8. The summed E-state index contributed by atoms with van der Waals surface area (Å²) in [7, 11) is 2.40. The highest BCUT2D eigenvalue weighted by atomic mass is 35.5. The van der Waals surface area contributed by atoms with Crippen molar-refractivity contribution >= 4 is 46.7 Å². The maximum absolute atomic E-state index is 12.2. The van der Waals surface area contributed by atoms with Crippen molar-refractivity contribution in [3.63, 3.8) is 0 Å². The molecule has 0 unspecified atom stereocenters. The van der Waals surface area contributed by atoms with Crippen LogP contribution < -0.4 is 5.32 Å². The minimum Gasteiger partial charge on any atom is -0.465 e. The third-order valence-corrected chi connectivity index (χ3v) is 4.20. The fourth-order valence-electron chi connectivity index (χ4n) is 2.23. The molecule has 6 nitrogen and oxygen atoms in total. The Balaban J connectivity index is 2.20. The summed E-state index contributed by atoms with van der Waals surface area (Å²) in [6.07, 6.45) is 0.0587. The fourth-order valence-corrected chi connectivity index (χ4v) is 2.55. The Kier molecular flexibility index (Phi) is 6.60. The third-order valence-electron chi connectivity index (χ3n) is 3.46. The van der Waals surface area contributed by atoms with Crippen LogP contribution in [0, 0.1) is 0 Å². The molecule has 136 valence electrons. The van der Waals surface area contributed by atoms with Gasteiger partial charge >= 0.3 is 11.9 Å². The van der Waals surface area contributed by atoms with Crippen molar-refractivity contribution in [2.24, 2.45) is 0 Å². The predicted molar refractivity (Wildman–Crippen MR) is 97.9 cm³/mol. The minimum atomic E-state index is -0.717. The quantitative estimate of drug-likeness (QED) is 0.779. The lowest BCUT2D eigenvalue weighted by molar-refractivity contribution is -0.115. The molecule has 0 saturated heterocycles. The molecular weight excluding hydrogens is 381 g/mol. The molecule has 0 heterocycles. The van der Waals surface area contributed by atoms with Gasteiger partial charge in [-0.1, -0.05) is 29.3 Å². The van der Waals surface area contributed by atoms with E-state index in [1.54, 1.807) is 18.2 Å². The van der Waals surface area contributed by atoms with E-state index in [9.17, 15) is 14.4 Å². The van der Waals surface area contributed by atoms with Crippen LogP contribution in [0.25, 0.3) is 0 Å². The molecule has 0 spiro atoms. The number of ether oxygens (including phenoxy) is 2. The van der Waals surface area contributed by atoms with Crippen LogP contribution in [-0.4, -0.2) is 32.1 Å². The van der Waals surface area contributed by atoms with Crippen LogP contribution in [0.5, 0.6) is 0 Å². The van der Waals surface area contributed by atoms with Gasteiger partial charge in [0, 0.05) is 5.69 Å². The summed E-state index contributed by atoms with van der Waals surface area (Å²) in [6.45, 7) is 0. The Bertz CT molecular complexity index is 867. The molecule has 2 aromatic carbocycles. The van der Waals surface area contributed by atoms with Gasteiger partial charge in [-0.25, -0.2) is 9.59 Å². The van der Waals surface area contributed by atoms with E-state index in [1.807, 2.05) is 0 Å². The van der Waals surface area contributed by atoms with E-state index in [-0.39, 0.29) is 23.5 Å². The second kappa shape index (κ2) is 8.69. The van der Waals surface area contributed by atoms with Crippen molar-refractivity contribution in [2.75, 3.05) is 19.5 Å². The Morgan fingerprint density at radius 3 is 2.15 bits per heavy atom. The van der Waals surface area contributed by atoms with Crippen LogP contribution in [0.3, 0.4) is 0 Å². The maximum Gasteiger partial charge on any atom is 0.338 e. The smallest absolute Gasteiger partial charge is 0.338 e. The first-order valence-electron chi connectivity index (χ1n) is 7.40. The molecule has 1 N–H and O–H groups in total. The molecular formula is C18H15Cl2NO5. The first kappa shape index (κ1) is 19.8. The first-order chi connectivity index (χ1) is 12.3. The monoisotopic (exact) mass is 395 g/mol. The number of esters is 2. The normalized spacial score (nSPS) is 10.2. The lowest BCUT2D eigenvalue weighted by atomic mass is 10.1. The molecule has 0 aliphatic heterocycles. The van der Waals surface area contributed by atoms with Crippen molar-refractivity contribution in [3.05, 3.63) is 63.1 Å². The largest absolute Gasteiger partial charge is 0.465 e. The van der Waals surface area contributed by atoms with E-state index in [2.05, 4.69) is 14.8 Å². The number of carbonyl (C=O) groups is 3. The predicted octanol–water partition coefficient (Wildman–Crippen LogP) is 3.75.